The average Bonchev–Trinajstić information content (AvgIpc) is 3.63. The number of hydrazine groups is 1. The number of para-hydroxylation sites is 1. The lowest BCUT2D eigenvalue weighted by atomic mass is 9.97. The van der Waals surface area contributed by atoms with Crippen molar-refractivity contribution in [1.29, 1.82) is 0 Å². The molecule has 3 heterocycles. The Labute approximate surface area is 212 Å². The predicted molar refractivity (Wildman–Crippen MR) is 138 cm³/mol. The number of piperidine rings is 1. The van der Waals surface area contributed by atoms with E-state index in [-0.39, 0.29) is 11.8 Å². The molecule has 0 radical (unpaired) electrons. The number of nitrogens with zero attached hydrogens (tertiary/aromatic N) is 3. The highest BCUT2D eigenvalue weighted by Crippen LogP contribution is 2.24. The lowest BCUT2D eigenvalue weighted by molar-refractivity contribution is -0.127. The van der Waals surface area contributed by atoms with Crippen molar-refractivity contribution in [3.8, 4) is 16.9 Å². The molecular weight excluding hydrogens is 474 g/mol. The van der Waals surface area contributed by atoms with E-state index < -0.39 is 11.8 Å². The third kappa shape index (κ3) is 5.06. The van der Waals surface area contributed by atoms with Crippen LogP contribution in [0.5, 0.6) is 0 Å². The van der Waals surface area contributed by atoms with E-state index in [9.17, 15) is 14.4 Å². The van der Waals surface area contributed by atoms with Crippen LogP contribution in [0, 0.1) is 5.92 Å². The van der Waals surface area contributed by atoms with Crippen molar-refractivity contribution in [1.82, 2.24) is 25.5 Å². The molecule has 8 nitrogen and oxygen atoms in total. The van der Waals surface area contributed by atoms with E-state index in [1.807, 2.05) is 72.1 Å². The van der Waals surface area contributed by atoms with Crippen LogP contribution in [0.2, 0.25) is 0 Å². The smallest absolute Gasteiger partial charge is 0.273 e. The number of thiophene rings is 1. The first-order chi connectivity index (χ1) is 17.6. The SMILES string of the molecule is O=C(NNC(=O)C1CCCN(C(=O)c2cccs2)C1)c1cn(-c2ccccc2)nc1-c1ccccc1. The van der Waals surface area contributed by atoms with Crippen molar-refractivity contribution >= 4 is 29.1 Å². The molecule has 0 aliphatic carbocycles. The number of benzene rings is 2. The maximum absolute atomic E-state index is 13.2. The zero-order valence-electron chi connectivity index (χ0n) is 19.5. The molecule has 2 aromatic carbocycles. The summed E-state index contributed by atoms with van der Waals surface area (Å²) in [4.78, 5) is 41.1. The van der Waals surface area contributed by atoms with Gasteiger partial charge in [-0.2, -0.15) is 5.10 Å². The minimum absolute atomic E-state index is 0.0626. The summed E-state index contributed by atoms with van der Waals surface area (Å²) in [6.07, 6.45) is 3.03. The highest BCUT2D eigenvalue weighted by molar-refractivity contribution is 7.12. The third-order valence-electron chi connectivity index (χ3n) is 6.14. The van der Waals surface area contributed by atoms with Crippen molar-refractivity contribution in [2.75, 3.05) is 13.1 Å². The number of hydrogen-bond donors (Lipinski definition) is 2. The Morgan fingerprint density at radius 2 is 1.67 bits per heavy atom. The molecule has 36 heavy (non-hydrogen) atoms. The van der Waals surface area contributed by atoms with Crippen LogP contribution in [0.1, 0.15) is 32.9 Å². The molecule has 1 atom stereocenters. The Morgan fingerprint density at radius 3 is 2.39 bits per heavy atom. The van der Waals surface area contributed by atoms with Gasteiger partial charge in [0.15, 0.2) is 0 Å². The van der Waals surface area contributed by atoms with Crippen LogP contribution in [-0.2, 0) is 4.79 Å². The van der Waals surface area contributed by atoms with Gasteiger partial charge in [-0.3, -0.25) is 25.2 Å². The number of hydrogen-bond acceptors (Lipinski definition) is 5. The number of carbonyl (C=O) groups is 3. The van der Waals surface area contributed by atoms with Crippen LogP contribution >= 0.6 is 11.3 Å². The van der Waals surface area contributed by atoms with Crippen LogP contribution in [0.4, 0.5) is 0 Å². The van der Waals surface area contributed by atoms with Crippen LogP contribution < -0.4 is 10.9 Å². The summed E-state index contributed by atoms with van der Waals surface area (Å²) in [5.74, 6) is -1.24. The zero-order valence-corrected chi connectivity index (χ0v) is 20.3. The second-order valence-electron chi connectivity index (χ2n) is 8.55. The van der Waals surface area contributed by atoms with Crippen LogP contribution in [0.15, 0.2) is 84.4 Å². The van der Waals surface area contributed by atoms with Gasteiger partial charge >= 0.3 is 0 Å². The van der Waals surface area contributed by atoms with Crippen molar-refractivity contribution < 1.29 is 14.4 Å². The highest BCUT2D eigenvalue weighted by Gasteiger charge is 2.30. The molecule has 0 spiro atoms. The van der Waals surface area contributed by atoms with Crippen molar-refractivity contribution in [2.24, 2.45) is 5.92 Å². The number of nitrogens with one attached hydrogen (secondary N) is 2. The van der Waals surface area contributed by atoms with Gasteiger partial charge in [0.2, 0.25) is 5.91 Å². The first-order valence-electron chi connectivity index (χ1n) is 11.7. The summed E-state index contributed by atoms with van der Waals surface area (Å²) in [6.45, 7) is 0.936. The molecule has 3 amide bonds. The molecular formula is C27H25N5O3S. The van der Waals surface area contributed by atoms with Gasteiger partial charge < -0.3 is 4.90 Å². The first-order valence-corrected chi connectivity index (χ1v) is 12.6. The molecule has 0 saturated carbocycles. The van der Waals surface area contributed by atoms with Gasteiger partial charge in [-0.15, -0.1) is 11.3 Å². The largest absolute Gasteiger partial charge is 0.337 e. The molecule has 9 heteroatoms. The van der Waals surface area contributed by atoms with Crippen LogP contribution in [0.3, 0.4) is 0 Å². The van der Waals surface area contributed by atoms with E-state index in [1.54, 1.807) is 21.8 Å². The second-order valence-corrected chi connectivity index (χ2v) is 9.50. The standard InChI is InChI=1S/C27H25N5O3S/c33-25(20-11-7-15-31(17-20)27(35)23-14-8-16-36-23)28-29-26(34)22-18-32(21-12-5-2-6-13-21)30-24(22)19-9-3-1-4-10-19/h1-6,8-10,12-14,16,18,20H,7,11,15,17H2,(H,28,33)(H,29,34). The molecule has 182 valence electrons. The van der Waals surface area contributed by atoms with E-state index in [0.717, 1.165) is 17.7 Å². The van der Waals surface area contributed by atoms with E-state index in [0.29, 0.717) is 35.6 Å². The number of carbonyl (C=O) groups excluding carboxylic acids is 3. The Balaban J connectivity index is 1.29. The summed E-state index contributed by atoms with van der Waals surface area (Å²) >= 11 is 1.39. The normalized spacial score (nSPS) is 15.3. The predicted octanol–water partition coefficient (Wildman–Crippen LogP) is 3.91. The van der Waals surface area contributed by atoms with E-state index in [1.165, 1.54) is 11.3 Å². The fourth-order valence-corrected chi connectivity index (χ4v) is 4.97. The minimum Gasteiger partial charge on any atom is -0.337 e. The monoisotopic (exact) mass is 499 g/mol. The summed E-state index contributed by atoms with van der Waals surface area (Å²) in [5.41, 5.74) is 7.56. The Kier molecular flexibility index (Phi) is 6.90. The van der Waals surface area contributed by atoms with E-state index in [2.05, 4.69) is 16.0 Å². The molecule has 2 aromatic heterocycles. The van der Waals surface area contributed by atoms with E-state index >= 15 is 0 Å². The van der Waals surface area contributed by atoms with Crippen LogP contribution in [0.25, 0.3) is 16.9 Å². The van der Waals surface area contributed by atoms with Gasteiger partial charge in [0.25, 0.3) is 11.8 Å². The Morgan fingerprint density at radius 1 is 0.917 bits per heavy atom. The fourth-order valence-electron chi connectivity index (χ4n) is 4.28. The maximum atomic E-state index is 13.2. The molecule has 2 N–H and O–H groups in total. The fraction of sp³-hybridized carbons (Fsp3) is 0.185. The number of amides is 3. The summed E-state index contributed by atoms with van der Waals surface area (Å²) in [5, 5.41) is 6.50. The third-order valence-corrected chi connectivity index (χ3v) is 7.00. The molecule has 1 fully saturated rings. The molecule has 1 aliphatic rings. The van der Waals surface area contributed by atoms with Crippen molar-refractivity contribution in [3.63, 3.8) is 0 Å². The summed E-state index contributed by atoms with van der Waals surface area (Å²) in [6, 6.07) is 22.6. The number of rotatable bonds is 5. The highest BCUT2D eigenvalue weighted by atomic mass is 32.1. The van der Waals surface area contributed by atoms with Gasteiger partial charge in [-0.25, -0.2) is 4.68 Å². The lowest BCUT2D eigenvalue weighted by Gasteiger charge is -2.31. The van der Waals surface area contributed by atoms with Crippen molar-refractivity contribution in [3.05, 3.63) is 94.8 Å². The summed E-state index contributed by atoms with van der Waals surface area (Å²) in [7, 11) is 0. The minimum atomic E-state index is -0.466. The molecule has 0 bridgehead atoms. The second kappa shape index (κ2) is 10.6. The van der Waals surface area contributed by atoms with Gasteiger partial charge in [0, 0.05) is 24.8 Å². The first kappa shape index (κ1) is 23.5. The van der Waals surface area contributed by atoms with Crippen molar-refractivity contribution in [2.45, 2.75) is 12.8 Å². The molecule has 1 saturated heterocycles. The molecule has 1 aliphatic heterocycles. The molecule has 1 unspecified atom stereocenters. The maximum Gasteiger partial charge on any atom is 0.273 e. The van der Waals surface area contributed by atoms with Gasteiger partial charge in [-0.1, -0.05) is 54.6 Å². The Hall–Kier alpha value is -4.24. The summed E-state index contributed by atoms with van der Waals surface area (Å²) < 4.78 is 1.65. The van der Waals surface area contributed by atoms with Gasteiger partial charge in [-0.05, 0) is 36.4 Å². The van der Waals surface area contributed by atoms with Gasteiger partial charge in [0.05, 0.1) is 22.0 Å². The molecule has 4 aromatic rings. The quantitative estimate of drug-likeness (QED) is 0.407. The topological polar surface area (TPSA) is 96.3 Å². The van der Waals surface area contributed by atoms with Gasteiger partial charge in [0.1, 0.15) is 5.69 Å². The number of likely N-dealkylation sites (tertiary alicyclic amines) is 1. The van der Waals surface area contributed by atoms with E-state index in [4.69, 9.17) is 0 Å². The van der Waals surface area contributed by atoms with Crippen LogP contribution in [-0.4, -0.2) is 45.5 Å². The average molecular weight is 500 g/mol. The molecule has 5 rings (SSSR count). The number of aromatic nitrogens is 2. The Bertz CT molecular complexity index is 1350. The zero-order chi connectivity index (χ0) is 24.9. The lowest BCUT2D eigenvalue weighted by Crippen LogP contribution is -2.50.